The Labute approximate surface area is 177 Å². The van der Waals surface area contributed by atoms with Gasteiger partial charge in [-0.05, 0) is 52.4 Å². The zero-order chi connectivity index (χ0) is 21.7. The molecule has 5 nitrogen and oxygen atoms in total. The number of carbonyl (C=O) groups is 1. The standard InChI is InChI=1S/C20H32N4O.C4H8/c1-4-6-20(15-21)7-9-24(10-8-20)14-19(25)23-16(3)18-11-17(5-2)12-22-13-18;1-3-4-2/h4-6,16,18,22H,7-14H2,1-3H3,(H,23,25);3H,1,4H2,2H3/b6-4+,17-5?;. The number of nitrogens with zero attached hydrogens (tertiary/aromatic N) is 2. The molecule has 2 aliphatic rings. The van der Waals surface area contributed by atoms with E-state index < -0.39 is 0 Å². The van der Waals surface area contributed by atoms with E-state index >= 15 is 0 Å². The fourth-order valence-electron chi connectivity index (χ4n) is 3.84. The van der Waals surface area contributed by atoms with Gasteiger partial charge in [0.2, 0.25) is 5.91 Å². The molecule has 2 saturated heterocycles. The predicted octanol–water partition coefficient (Wildman–Crippen LogP) is 3.81. The van der Waals surface area contributed by atoms with Crippen molar-refractivity contribution in [2.45, 2.75) is 59.4 Å². The molecule has 0 saturated carbocycles. The topological polar surface area (TPSA) is 68.2 Å². The highest BCUT2D eigenvalue weighted by Crippen LogP contribution is 2.32. The van der Waals surface area contributed by atoms with E-state index in [1.54, 1.807) is 0 Å². The maximum Gasteiger partial charge on any atom is 0.234 e. The third-order valence-electron chi connectivity index (χ3n) is 5.90. The molecule has 2 heterocycles. The number of carbonyl (C=O) groups excluding carboxylic acids is 1. The van der Waals surface area contributed by atoms with Gasteiger partial charge in [-0.3, -0.25) is 9.69 Å². The van der Waals surface area contributed by atoms with Crippen molar-refractivity contribution in [3.8, 4) is 6.07 Å². The molecule has 29 heavy (non-hydrogen) atoms. The van der Waals surface area contributed by atoms with Gasteiger partial charge in [-0.15, -0.1) is 6.58 Å². The molecule has 162 valence electrons. The second-order valence-electron chi connectivity index (χ2n) is 8.14. The van der Waals surface area contributed by atoms with Gasteiger partial charge in [0, 0.05) is 32.2 Å². The van der Waals surface area contributed by atoms with Crippen molar-refractivity contribution in [3.05, 3.63) is 36.5 Å². The minimum Gasteiger partial charge on any atom is -0.352 e. The molecule has 1 amide bonds. The van der Waals surface area contributed by atoms with Crippen LogP contribution < -0.4 is 10.6 Å². The average molecular weight is 401 g/mol. The van der Waals surface area contributed by atoms with Crippen LogP contribution in [0.4, 0.5) is 0 Å². The maximum atomic E-state index is 12.4. The molecule has 2 aliphatic heterocycles. The van der Waals surface area contributed by atoms with Gasteiger partial charge < -0.3 is 10.6 Å². The van der Waals surface area contributed by atoms with Gasteiger partial charge >= 0.3 is 0 Å². The quantitative estimate of drug-likeness (QED) is 0.665. The Kier molecular flexibility index (Phi) is 11.6. The summed E-state index contributed by atoms with van der Waals surface area (Å²) in [6, 6.07) is 2.62. The van der Waals surface area contributed by atoms with Crippen LogP contribution in [0.3, 0.4) is 0 Å². The van der Waals surface area contributed by atoms with E-state index in [2.05, 4.69) is 55.0 Å². The number of likely N-dealkylation sites (tertiary alicyclic amines) is 1. The molecule has 0 aromatic carbocycles. The number of rotatable bonds is 6. The number of piperidine rings is 2. The number of allylic oxidation sites excluding steroid dienone is 4. The van der Waals surface area contributed by atoms with E-state index in [-0.39, 0.29) is 17.4 Å². The Morgan fingerprint density at radius 2 is 2.10 bits per heavy atom. The number of hydrogen-bond donors (Lipinski definition) is 2. The SMILES string of the molecule is C=CCC.CC=C1CNCC(C(C)NC(=O)CN2CCC(C#N)(/C=C/C)CC2)C1. The Bertz CT molecular complexity index is 609. The first-order valence-electron chi connectivity index (χ1n) is 11.0. The van der Waals surface area contributed by atoms with Crippen molar-refractivity contribution in [2.24, 2.45) is 11.3 Å². The Morgan fingerprint density at radius 1 is 1.45 bits per heavy atom. The molecule has 0 bridgehead atoms. The molecular formula is C24H40N4O. The summed E-state index contributed by atoms with van der Waals surface area (Å²) in [6.45, 7) is 15.6. The highest BCUT2D eigenvalue weighted by molar-refractivity contribution is 5.78. The normalized spacial score (nSPS) is 24.2. The van der Waals surface area contributed by atoms with Gasteiger partial charge in [0.25, 0.3) is 0 Å². The zero-order valence-corrected chi connectivity index (χ0v) is 18.8. The number of nitriles is 1. The molecular weight excluding hydrogens is 360 g/mol. The molecule has 5 heteroatoms. The summed E-state index contributed by atoms with van der Waals surface area (Å²) in [5, 5.41) is 16.0. The summed E-state index contributed by atoms with van der Waals surface area (Å²) in [5.41, 5.74) is 1.08. The Balaban J connectivity index is 0.000000960. The van der Waals surface area contributed by atoms with Crippen LogP contribution in [0.2, 0.25) is 0 Å². The minimum atomic E-state index is -0.342. The molecule has 2 atom stereocenters. The summed E-state index contributed by atoms with van der Waals surface area (Å²) in [5.74, 6) is 0.543. The van der Waals surface area contributed by atoms with Crippen LogP contribution in [-0.2, 0) is 4.79 Å². The van der Waals surface area contributed by atoms with Crippen LogP contribution in [0.5, 0.6) is 0 Å². The van der Waals surface area contributed by atoms with Crippen molar-refractivity contribution in [3.63, 3.8) is 0 Å². The fraction of sp³-hybridized carbons (Fsp3) is 0.667. The first kappa shape index (κ1) is 25.1. The van der Waals surface area contributed by atoms with E-state index in [9.17, 15) is 10.1 Å². The summed E-state index contributed by atoms with van der Waals surface area (Å²) in [6.07, 6.45) is 11.8. The van der Waals surface area contributed by atoms with Crippen molar-refractivity contribution < 1.29 is 4.79 Å². The lowest BCUT2D eigenvalue weighted by atomic mass is 9.79. The minimum absolute atomic E-state index is 0.0931. The van der Waals surface area contributed by atoms with Crippen LogP contribution in [0.1, 0.15) is 53.4 Å². The molecule has 2 unspecified atom stereocenters. The maximum absolute atomic E-state index is 12.4. The third-order valence-corrected chi connectivity index (χ3v) is 5.90. The van der Waals surface area contributed by atoms with Crippen molar-refractivity contribution in [1.82, 2.24) is 15.5 Å². The van der Waals surface area contributed by atoms with Gasteiger partial charge in [0.15, 0.2) is 0 Å². The van der Waals surface area contributed by atoms with E-state index in [1.807, 2.05) is 25.2 Å². The molecule has 0 aliphatic carbocycles. The van der Waals surface area contributed by atoms with Gasteiger partial charge in [-0.25, -0.2) is 0 Å². The van der Waals surface area contributed by atoms with E-state index in [0.717, 1.165) is 51.9 Å². The van der Waals surface area contributed by atoms with Crippen LogP contribution in [0.15, 0.2) is 36.5 Å². The lowest BCUT2D eigenvalue weighted by molar-refractivity contribution is -0.123. The largest absolute Gasteiger partial charge is 0.352 e. The summed E-state index contributed by atoms with van der Waals surface area (Å²) in [7, 11) is 0. The van der Waals surface area contributed by atoms with Crippen LogP contribution in [0, 0.1) is 22.7 Å². The summed E-state index contributed by atoms with van der Waals surface area (Å²) in [4.78, 5) is 14.6. The van der Waals surface area contributed by atoms with Gasteiger partial charge in [-0.1, -0.05) is 36.8 Å². The highest BCUT2D eigenvalue weighted by Gasteiger charge is 2.33. The van der Waals surface area contributed by atoms with E-state index in [0.29, 0.717) is 12.5 Å². The van der Waals surface area contributed by atoms with E-state index in [4.69, 9.17) is 0 Å². The highest BCUT2D eigenvalue weighted by atomic mass is 16.2. The smallest absolute Gasteiger partial charge is 0.234 e. The van der Waals surface area contributed by atoms with Crippen molar-refractivity contribution in [2.75, 3.05) is 32.7 Å². The molecule has 2 rings (SSSR count). The zero-order valence-electron chi connectivity index (χ0n) is 18.8. The van der Waals surface area contributed by atoms with Gasteiger partial charge in [0.05, 0.1) is 18.0 Å². The van der Waals surface area contributed by atoms with Crippen molar-refractivity contribution in [1.29, 1.82) is 5.26 Å². The lowest BCUT2D eigenvalue weighted by Crippen LogP contribution is -2.49. The first-order chi connectivity index (χ1) is 13.9. The molecule has 0 aromatic rings. The Morgan fingerprint density at radius 3 is 2.62 bits per heavy atom. The molecule has 0 spiro atoms. The second-order valence-corrected chi connectivity index (χ2v) is 8.14. The van der Waals surface area contributed by atoms with Gasteiger partial charge in [0.1, 0.15) is 0 Å². The number of nitrogens with one attached hydrogen (secondary N) is 2. The monoisotopic (exact) mass is 400 g/mol. The molecule has 2 N–H and O–H groups in total. The molecule has 0 aromatic heterocycles. The fourth-order valence-corrected chi connectivity index (χ4v) is 3.84. The van der Waals surface area contributed by atoms with Crippen LogP contribution in [0.25, 0.3) is 0 Å². The van der Waals surface area contributed by atoms with Gasteiger partial charge in [-0.2, -0.15) is 5.26 Å². The number of hydrogen-bond acceptors (Lipinski definition) is 4. The second kappa shape index (κ2) is 13.3. The first-order valence-corrected chi connectivity index (χ1v) is 11.0. The summed E-state index contributed by atoms with van der Waals surface area (Å²) >= 11 is 0. The Hall–Kier alpha value is -1.90. The van der Waals surface area contributed by atoms with Crippen LogP contribution in [-0.4, -0.2) is 49.6 Å². The van der Waals surface area contributed by atoms with E-state index in [1.165, 1.54) is 5.57 Å². The van der Waals surface area contributed by atoms with Crippen LogP contribution >= 0.6 is 0 Å². The molecule has 0 radical (unpaired) electrons. The third kappa shape index (κ3) is 8.55. The number of amides is 1. The molecule has 2 fully saturated rings. The summed E-state index contributed by atoms with van der Waals surface area (Å²) < 4.78 is 0. The predicted molar refractivity (Wildman–Crippen MR) is 121 cm³/mol. The van der Waals surface area contributed by atoms with Crippen molar-refractivity contribution >= 4 is 5.91 Å². The average Bonchev–Trinajstić information content (AvgIpc) is 2.75. The lowest BCUT2D eigenvalue weighted by Gasteiger charge is -2.36.